The molecule has 0 bridgehead atoms. The molecule has 0 aliphatic carbocycles. The van der Waals surface area contributed by atoms with Crippen LogP contribution in [0.25, 0.3) is 0 Å². The van der Waals surface area contributed by atoms with E-state index in [-0.39, 0.29) is 5.82 Å². The Morgan fingerprint density at radius 3 is 2.00 bits per heavy atom. The summed E-state index contributed by atoms with van der Waals surface area (Å²) >= 11 is 0. The molecule has 2 aromatic rings. The topological polar surface area (TPSA) is 0 Å². The highest BCUT2D eigenvalue weighted by Crippen LogP contribution is 2.15. The van der Waals surface area contributed by atoms with Crippen LogP contribution in [0.2, 0.25) is 0 Å². The maximum absolute atomic E-state index is 13.4. The fourth-order valence-corrected chi connectivity index (χ4v) is 2.08. The van der Waals surface area contributed by atoms with Gasteiger partial charge in [0.05, 0.1) is 0 Å². The van der Waals surface area contributed by atoms with Crippen molar-refractivity contribution >= 4 is 0 Å². The summed E-state index contributed by atoms with van der Waals surface area (Å²) in [6.45, 7) is 5.68. The third-order valence-electron chi connectivity index (χ3n) is 3.20. The molecule has 0 atom stereocenters. The van der Waals surface area contributed by atoms with E-state index in [9.17, 15) is 4.39 Å². The molecule has 0 aromatic heterocycles. The predicted molar refractivity (Wildman–Crippen MR) is 81.0 cm³/mol. The molecule has 98 valence electrons. The molecule has 0 saturated heterocycles. The van der Waals surface area contributed by atoms with Crippen LogP contribution in [0.1, 0.15) is 33.4 Å². The smallest absolute Gasteiger partial charge is 0.127 e. The van der Waals surface area contributed by atoms with Crippen molar-refractivity contribution in [2.45, 2.75) is 20.8 Å². The van der Waals surface area contributed by atoms with Crippen molar-refractivity contribution in [2.75, 3.05) is 0 Å². The van der Waals surface area contributed by atoms with Gasteiger partial charge in [-0.05, 0) is 61.7 Å². The number of rotatable bonds is 0. The number of aryl methyl sites for hydroxylation is 3. The Hall–Kier alpha value is -2.51. The molecule has 0 radical (unpaired) electrons. The molecule has 0 N–H and O–H groups in total. The van der Waals surface area contributed by atoms with Crippen LogP contribution in [0.15, 0.2) is 30.3 Å². The van der Waals surface area contributed by atoms with Crippen molar-refractivity contribution < 1.29 is 4.39 Å². The zero-order chi connectivity index (χ0) is 14.7. The summed E-state index contributed by atoms with van der Waals surface area (Å²) in [5.41, 5.74) is 5.17. The lowest BCUT2D eigenvalue weighted by Gasteiger charge is -2.04. The lowest BCUT2D eigenvalue weighted by Crippen LogP contribution is -1.90. The van der Waals surface area contributed by atoms with Gasteiger partial charge >= 0.3 is 0 Å². The van der Waals surface area contributed by atoms with Crippen LogP contribution in [0.3, 0.4) is 0 Å². The highest BCUT2D eigenvalue weighted by Gasteiger charge is 2.01. The van der Waals surface area contributed by atoms with Crippen LogP contribution in [-0.4, -0.2) is 0 Å². The van der Waals surface area contributed by atoms with Crippen molar-refractivity contribution in [2.24, 2.45) is 0 Å². The predicted octanol–water partition coefficient (Wildman–Crippen LogP) is 4.13. The van der Waals surface area contributed by atoms with Gasteiger partial charge in [0.2, 0.25) is 0 Å². The molecule has 0 spiro atoms. The van der Waals surface area contributed by atoms with Gasteiger partial charge in [0.25, 0.3) is 0 Å². The Morgan fingerprint density at radius 2 is 1.45 bits per heavy atom. The first-order chi connectivity index (χ1) is 9.51. The lowest BCUT2D eigenvalue weighted by molar-refractivity contribution is 0.618. The third kappa shape index (κ3) is 2.90. The number of hydrogen-bond donors (Lipinski definition) is 0. The zero-order valence-corrected chi connectivity index (χ0v) is 11.8. The van der Waals surface area contributed by atoms with Gasteiger partial charge in [-0.3, -0.25) is 0 Å². The molecule has 0 saturated carbocycles. The van der Waals surface area contributed by atoms with Gasteiger partial charge in [-0.25, -0.2) is 4.39 Å². The quantitative estimate of drug-likeness (QED) is 0.626. The Kier molecular flexibility index (Phi) is 3.92. The average Bonchev–Trinajstić information content (AvgIpc) is 2.40. The van der Waals surface area contributed by atoms with E-state index in [1.54, 1.807) is 13.0 Å². The van der Waals surface area contributed by atoms with E-state index < -0.39 is 0 Å². The summed E-state index contributed by atoms with van der Waals surface area (Å²) < 4.78 is 13.4. The number of benzene rings is 2. The van der Waals surface area contributed by atoms with E-state index in [0.717, 1.165) is 22.3 Å². The number of hydrogen-bond acceptors (Lipinski definition) is 0. The molecular formula is C19H15F. The second kappa shape index (κ2) is 5.64. The Labute approximate surface area is 119 Å². The largest absolute Gasteiger partial charge is 0.207 e. The van der Waals surface area contributed by atoms with Crippen molar-refractivity contribution in [3.8, 4) is 24.2 Å². The maximum atomic E-state index is 13.4. The van der Waals surface area contributed by atoms with Gasteiger partial charge in [0, 0.05) is 16.7 Å². The molecule has 0 aliphatic heterocycles. The van der Waals surface area contributed by atoms with E-state index in [1.165, 1.54) is 6.07 Å². The molecule has 0 unspecified atom stereocenters. The Bertz CT molecular complexity index is 742. The molecule has 0 fully saturated rings. The van der Waals surface area contributed by atoms with Gasteiger partial charge in [0.1, 0.15) is 5.82 Å². The van der Waals surface area contributed by atoms with Crippen LogP contribution in [0, 0.1) is 50.8 Å². The first-order valence-electron chi connectivity index (χ1n) is 6.37. The van der Waals surface area contributed by atoms with Crippen molar-refractivity contribution in [3.05, 3.63) is 69.5 Å². The van der Waals surface area contributed by atoms with Crippen molar-refractivity contribution in [1.82, 2.24) is 0 Å². The lowest BCUT2D eigenvalue weighted by atomic mass is 10.00. The van der Waals surface area contributed by atoms with Crippen LogP contribution >= 0.6 is 0 Å². The second-order valence-corrected chi connectivity index (χ2v) is 4.84. The molecule has 0 nitrogen and oxygen atoms in total. The Balaban J connectivity index is 2.39. The molecule has 2 aromatic carbocycles. The van der Waals surface area contributed by atoms with Gasteiger partial charge in [-0.2, -0.15) is 0 Å². The van der Waals surface area contributed by atoms with E-state index in [1.807, 2.05) is 32.0 Å². The third-order valence-corrected chi connectivity index (χ3v) is 3.20. The molecule has 0 heterocycles. The first kappa shape index (κ1) is 13.9. The minimum Gasteiger partial charge on any atom is -0.207 e. The number of halogens is 1. The highest BCUT2D eigenvalue weighted by atomic mass is 19.1. The zero-order valence-electron chi connectivity index (χ0n) is 11.8. The van der Waals surface area contributed by atoms with Gasteiger partial charge in [0.15, 0.2) is 0 Å². The molecule has 2 rings (SSSR count). The Morgan fingerprint density at radius 1 is 0.850 bits per heavy atom. The molecule has 0 aliphatic rings. The van der Waals surface area contributed by atoms with E-state index in [4.69, 9.17) is 6.42 Å². The van der Waals surface area contributed by atoms with Crippen LogP contribution in [-0.2, 0) is 0 Å². The van der Waals surface area contributed by atoms with Crippen LogP contribution in [0.5, 0.6) is 0 Å². The summed E-state index contributed by atoms with van der Waals surface area (Å²) in [5, 5.41) is 0. The first-order valence-corrected chi connectivity index (χ1v) is 6.37. The normalized spacial score (nSPS) is 9.55. The summed E-state index contributed by atoms with van der Waals surface area (Å²) in [6.07, 6.45) is 5.47. The van der Waals surface area contributed by atoms with E-state index in [2.05, 4.69) is 17.8 Å². The van der Waals surface area contributed by atoms with Gasteiger partial charge in [-0.1, -0.05) is 23.8 Å². The monoisotopic (exact) mass is 262 g/mol. The highest BCUT2D eigenvalue weighted by molar-refractivity contribution is 5.52. The SMILES string of the molecule is C#Cc1c(C)cc(C#Cc2ccc(C)c(F)c2)cc1C. The maximum Gasteiger partial charge on any atom is 0.127 e. The summed E-state index contributed by atoms with van der Waals surface area (Å²) in [4.78, 5) is 0. The van der Waals surface area contributed by atoms with Crippen LogP contribution in [0.4, 0.5) is 4.39 Å². The van der Waals surface area contributed by atoms with Crippen molar-refractivity contribution in [1.29, 1.82) is 0 Å². The van der Waals surface area contributed by atoms with E-state index in [0.29, 0.717) is 11.1 Å². The summed E-state index contributed by atoms with van der Waals surface area (Å²) in [7, 11) is 0. The fourth-order valence-electron chi connectivity index (χ4n) is 2.08. The standard InChI is InChI=1S/C19H15F/c1-5-18-14(3)10-17(11-15(18)4)9-8-16-7-6-13(2)19(20)12-16/h1,6-7,10-12H,2-4H3. The minimum absolute atomic E-state index is 0.230. The minimum atomic E-state index is -0.230. The average molecular weight is 262 g/mol. The second-order valence-electron chi connectivity index (χ2n) is 4.84. The fraction of sp³-hybridized carbons (Fsp3) is 0.158. The molecule has 0 amide bonds. The molecule has 20 heavy (non-hydrogen) atoms. The number of terminal acetylenes is 1. The van der Waals surface area contributed by atoms with Crippen molar-refractivity contribution in [3.63, 3.8) is 0 Å². The van der Waals surface area contributed by atoms with Gasteiger partial charge < -0.3 is 0 Å². The van der Waals surface area contributed by atoms with E-state index >= 15 is 0 Å². The summed E-state index contributed by atoms with van der Waals surface area (Å²) in [6, 6.07) is 8.93. The molecule has 1 heteroatoms. The van der Waals surface area contributed by atoms with Crippen LogP contribution < -0.4 is 0 Å². The summed E-state index contributed by atoms with van der Waals surface area (Å²) in [5.74, 6) is 8.49. The van der Waals surface area contributed by atoms with Gasteiger partial charge in [-0.15, -0.1) is 6.42 Å². The molecular weight excluding hydrogens is 247 g/mol.